The smallest absolute Gasteiger partial charge is 0.231 e. The average molecular weight is 238 g/mol. The SMILES string of the molecule is CCN(CC)C(=O)CC(=O)NCc1ccco1. The first kappa shape index (κ1) is 13.3. The second-order valence-corrected chi connectivity index (χ2v) is 3.60. The van der Waals surface area contributed by atoms with Crippen LogP contribution in [0.1, 0.15) is 26.0 Å². The van der Waals surface area contributed by atoms with Gasteiger partial charge in [-0.25, -0.2) is 0 Å². The maximum absolute atomic E-state index is 11.6. The fourth-order valence-corrected chi connectivity index (χ4v) is 1.49. The highest BCUT2D eigenvalue weighted by Crippen LogP contribution is 1.99. The van der Waals surface area contributed by atoms with Crippen LogP contribution in [0.2, 0.25) is 0 Å². The lowest BCUT2D eigenvalue weighted by Crippen LogP contribution is -2.35. The van der Waals surface area contributed by atoms with E-state index in [1.54, 1.807) is 23.3 Å². The monoisotopic (exact) mass is 238 g/mol. The van der Waals surface area contributed by atoms with Crippen molar-refractivity contribution in [1.29, 1.82) is 0 Å². The van der Waals surface area contributed by atoms with Gasteiger partial charge in [0.05, 0.1) is 12.8 Å². The number of hydrogen-bond acceptors (Lipinski definition) is 3. The molecule has 0 aliphatic heterocycles. The molecule has 1 N–H and O–H groups in total. The van der Waals surface area contributed by atoms with Gasteiger partial charge in [-0.15, -0.1) is 0 Å². The average Bonchev–Trinajstić information content (AvgIpc) is 2.81. The summed E-state index contributed by atoms with van der Waals surface area (Å²) in [4.78, 5) is 24.7. The third-order valence-electron chi connectivity index (χ3n) is 2.47. The number of amides is 2. The molecule has 1 rings (SSSR count). The number of carbonyl (C=O) groups excluding carboxylic acids is 2. The highest BCUT2D eigenvalue weighted by molar-refractivity contribution is 5.96. The van der Waals surface area contributed by atoms with E-state index in [-0.39, 0.29) is 18.2 Å². The Labute approximate surface area is 101 Å². The summed E-state index contributed by atoms with van der Waals surface area (Å²) in [5.41, 5.74) is 0. The summed E-state index contributed by atoms with van der Waals surface area (Å²) in [6.45, 7) is 5.35. The maximum Gasteiger partial charge on any atom is 0.231 e. The Balaban J connectivity index is 2.31. The van der Waals surface area contributed by atoms with Crippen molar-refractivity contribution in [2.75, 3.05) is 13.1 Å². The molecule has 0 radical (unpaired) electrons. The van der Waals surface area contributed by atoms with Gasteiger partial charge in [0.25, 0.3) is 0 Å². The molecule has 1 aromatic heterocycles. The van der Waals surface area contributed by atoms with Crippen LogP contribution in [0.15, 0.2) is 22.8 Å². The summed E-state index contributed by atoms with van der Waals surface area (Å²) in [5.74, 6) is 0.249. The molecular weight excluding hydrogens is 220 g/mol. The van der Waals surface area contributed by atoms with E-state index in [0.717, 1.165) is 0 Å². The van der Waals surface area contributed by atoms with Crippen LogP contribution in [0.4, 0.5) is 0 Å². The molecule has 0 aromatic carbocycles. The quantitative estimate of drug-likeness (QED) is 0.756. The molecule has 5 nitrogen and oxygen atoms in total. The van der Waals surface area contributed by atoms with Crippen molar-refractivity contribution in [2.24, 2.45) is 0 Å². The third kappa shape index (κ3) is 4.30. The van der Waals surface area contributed by atoms with Gasteiger partial charge in [-0.1, -0.05) is 0 Å². The first-order valence-electron chi connectivity index (χ1n) is 5.74. The molecule has 0 saturated carbocycles. The minimum absolute atomic E-state index is 0.109. The second kappa shape index (κ2) is 6.73. The number of nitrogens with one attached hydrogen (secondary N) is 1. The Hall–Kier alpha value is -1.78. The normalized spacial score (nSPS) is 10.0. The summed E-state index contributed by atoms with van der Waals surface area (Å²) in [6.07, 6.45) is 1.44. The molecule has 0 fully saturated rings. The molecular formula is C12H18N2O3. The zero-order chi connectivity index (χ0) is 12.7. The molecule has 5 heteroatoms. The van der Waals surface area contributed by atoms with Gasteiger partial charge in [0.2, 0.25) is 11.8 Å². The van der Waals surface area contributed by atoms with Crippen LogP contribution in [0.5, 0.6) is 0 Å². The molecule has 2 amide bonds. The minimum Gasteiger partial charge on any atom is -0.467 e. The van der Waals surface area contributed by atoms with Gasteiger partial charge < -0.3 is 14.6 Å². The van der Waals surface area contributed by atoms with Crippen molar-refractivity contribution in [1.82, 2.24) is 10.2 Å². The van der Waals surface area contributed by atoms with E-state index < -0.39 is 0 Å². The summed E-state index contributed by atoms with van der Waals surface area (Å²) >= 11 is 0. The lowest BCUT2D eigenvalue weighted by Gasteiger charge is -2.17. The van der Waals surface area contributed by atoms with E-state index in [1.165, 1.54) is 0 Å². The first-order valence-corrected chi connectivity index (χ1v) is 5.74. The molecule has 0 bridgehead atoms. The van der Waals surface area contributed by atoms with Crippen molar-refractivity contribution in [3.05, 3.63) is 24.2 Å². The molecule has 0 atom stereocenters. The zero-order valence-electron chi connectivity index (χ0n) is 10.2. The van der Waals surface area contributed by atoms with Crippen LogP contribution >= 0.6 is 0 Å². The summed E-state index contributed by atoms with van der Waals surface area (Å²) in [5, 5.41) is 2.64. The zero-order valence-corrected chi connectivity index (χ0v) is 10.2. The molecule has 0 spiro atoms. The predicted molar refractivity (Wildman–Crippen MR) is 63.1 cm³/mol. The lowest BCUT2D eigenvalue weighted by molar-refractivity contribution is -0.135. The Morgan fingerprint density at radius 2 is 2.06 bits per heavy atom. The van der Waals surface area contributed by atoms with Gasteiger partial charge in [0.1, 0.15) is 12.2 Å². The molecule has 0 aliphatic carbocycles. The summed E-state index contributed by atoms with van der Waals surface area (Å²) < 4.78 is 5.07. The van der Waals surface area contributed by atoms with Crippen molar-refractivity contribution in [2.45, 2.75) is 26.8 Å². The van der Waals surface area contributed by atoms with Crippen molar-refractivity contribution in [3.63, 3.8) is 0 Å². The van der Waals surface area contributed by atoms with Crippen LogP contribution in [-0.2, 0) is 16.1 Å². The maximum atomic E-state index is 11.6. The highest BCUT2D eigenvalue weighted by Gasteiger charge is 2.14. The topological polar surface area (TPSA) is 62.6 Å². The van der Waals surface area contributed by atoms with Gasteiger partial charge in [0, 0.05) is 13.1 Å². The molecule has 0 saturated heterocycles. The predicted octanol–water partition coefficient (Wildman–Crippen LogP) is 1.15. The highest BCUT2D eigenvalue weighted by atomic mass is 16.3. The minimum atomic E-state index is -0.279. The second-order valence-electron chi connectivity index (χ2n) is 3.60. The Morgan fingerprint density at radius 3 is 2.59 bits per heavy atom. The summed E-state index contributed by atoms with van der Waals surface area (Å²) in [6, 6.07) is 3.52. The number of rotatable bonds is 6. The van der Waals surface area contributed by atoms with Gasteiger partial charge in [0.15, 0.2) is 0 Å². The Morgan fingerprint density at radius 1 is 1.35 bits per heavy atom. The standard InChI is InChI=1S/C12H18N2O3/c1-3-14(4-2)12(16)8-11(15)13-9-10-6-5-7-17-10/h5-7H,3-4,8-9H2,1-2H3,(H,13,15). The van der Waals surface area contributed by atoms with E-state index in [4.69, 9.17) is 4.42 Å². The first-order chi connectivity index (χ1) is 8.17. The van der Waals surface area contributed by atoms with Crippen molar-refractivity contribution < 1.29 is 14.0 Å². The van der Waals surface area contributed by atoms with Crippen molar-refractivity contribution >= 4 is 11.8 Å². The molecule has 0 unspecified atom stereocenters. The van der Waals surface area contributed by atoms with Crippen LogP contribution in [0, 0.1) is 0 Å². The third-order valence-corrected chi connectivity index (χ3v) is 2.47. The molecule has 1 aromatic rings. The molecule has 1 heterocycles. The Bertz CT molecular complexity index is 356. The van der Waals surface area contributed by atoms with Crippen LogP contribution in [0.3, 0.4) is 0 Å². The van der Waals surface area contributed by atoms with E-state index in [2.05, 4.69) is 5.32 Å². The van der Waals surface area contributed by atoms with Gasteiger partial charge in [-0.2, -0.15) is 0 Å². The van der Waals surface area contributed by atoms with Crippen LogP contribution in [-0.4, -0.2) is 29.8 Å². The lowest BCUT2D eigenvalue weighted by atomic mass is 10.3. The molecule has 94 valence electrons. The molecule has 0 aliphatic rings. The summed E-state index contributed by atoms with van der Waals surface area (Å²) in [7, 11) is 0. The number of hydrogen-bond donors (Lipinski definition) is 1. The fraction of sp³-hybridized carbons (Fsp3) is 0.500. The van der Waals surface area contributed by atoms with Crippen LogP contribution < -0.4 is 5.32 Å². The van der Waals surface area contributed by atoms with E-state index in [1.807, 2.05) is 13.8 Å². The van der Waals surface area contributed by atoms with Gasteiger partial charge in [-0.3, -0.25) is 9.59 Å². The number of carbonyl (C=O) groups is 2. The van der Waals surface area contributed by atoms with Crippen LogP contribution in [0.25, 0.3) is 0 Å². The fourth-order valence-electron chi connectivity index (χ4n) is 1.49. The van der Waals surface area contributed by atoms with E-state index in [9.17, 15) is 9.59 Å². The van der Waals surface area contributed by atoms with Crippen molar-refractivity contribution in [3.8, 4) is 0 Å². The van der Waals surface area contributed by atoms with E-state index >= 15 is 0 Å². The van der Waals surface area contributed by atoms with E-state index in [0.29, 0.717) is 25.4 Å². The van der Waals surface area contributed by atoms with Gasteiger partial charge >= 0.3 is 0 Å². The van der Waals surface area contributed by atoms with Gasteiger partial charge in [-0.05, 0) is 26.0 Å². The number of furan rings is 1. The Kier molecular flexibility index (Phi) is 5.26. The number of nitrogens with zero attached hydrogens (tertiary/aromatic N) is 1. The largest absolute Gasteiger partial charge is 0.467 e. The molecule has 17 heavy (non-hydrogen) atoms.